The fourth-order valence-electron chi connectivity index (χ4n) is 3.74. The Hall–Kier alpha value is -1.39. The van der Waals surface area contributed by atoms with Crippen molar-refractivity contribution in [2.75, 3.05) is 13.2 Å². The van der Waals surface area contributed by atoms with Crippen molar-refractivity contribution in [1.29, 1.82) is 5.41 Å². The molecule has 19 heteroatoms. The summed E-state index contributed by atoms with van der Waals surface area (Å²) in [4.78, 5) is 26.2. The van der Waals surface area contributed by atoms with Crippen LogP contribution in [0.2, 0.25) is 0 Å². The van der Waals surface area contributed by atoms with Gasteiger partial charge in [0.1, 0.15) is 36.6 Å². The molecule has 0 amide bonds. The number of rotatable bonds is 12. The minimum absolute atomic E-state index is 0.00277. The third kappa shape index (κ3) is 8.55. The maximum absolute atomic E-state index is 13.0. The molecular weight excluding hydrogens is 584 g/mol. The normalized spacial score (nSPS) is 30.2. The van der Waals surface area contributed by atoms with Gasteiger partial charge in [0.25, 0.3) is 5.56 Å². The molecule has 2 saturated heterocycles. The van der Waals surface area contributed by atoms with E-state index in [2.05, 4.69) is 34.8 Å². The molecule has 1 aromatic rings. The van der Waals surface area contributed by atoms with E-state index in [0.29, 0.717) is 5.57 Å². The zero-order chi connectivity index (χ0) is 28.2. The van der Waals surface area contributed by atoms with Crippen LogP contribution in [-0.4, -0.2) is 64.4 Å². The van der Waals surface area contributed by atoms with Crippen molar-refractivity contribution in [3.63, 3.8) is 0 Å². The van der Waals surface area contributed by atoms with Gasteiger partial charge < -0.3 is 30.2 Å². The van der Waals surface area contributed by atoms with Crippen LogP contribution >= 0.6 is 38.5 Å². The average molecular weight is 616 g/mol. The van der Waals surface area contributed by atoms with E-state index in [1.165, 1.54) is 19.3 Å². The number of aromatic nitrogens is 2. The molecule has 214 valence electrons. The first-order chi connectivity index (χ1) is 17.8. The number of nitrogens with zero attached hydrogens (tertiary/aromatic N) is 1. The number of aromatic amines is 1. The van der Waals surface area contributed by atoms with Crippen molar-refractivity contribution in [3.05, 3.63) is 44.4 Å². The molecule has 0 spiro atoms. The minimum atomic E-state index is -4.06. The van der Waals surface area contributed by atoms with Gasteiger partial charge in [0.05, 0.1) is 19.3 Å². The topological polar surface area (TPSA) is 217 Å². The number of hydrogen-bond acceptors (Lipinski definition) is 12. The number of hydrogen-bond donors (Lipinski definition) is 7. The number of nitrogens with two attached hydrogens (primary N) is 1. The van der Waals surface area contributed by atoms with Crippen LogP contribution in [0.5, 0.6) is 0 Å². The van der Waals surface area contributed by atoms with E-state index < -0.39 is 62.1 Å². The summed E-state index contributed by atoms with van der Waals surface area (Å²) < 4.78 is 53.1. The van der Waals surface area contributed by atoms with Gasteiger partial charge in [-0.05, 0) is 13.8 Å². The number of amidine groups is 1. The number of thiol groups is 2. The van der Waals surface area contributed by atoms with Crippen molar-refractivity contribution < 1.29 is 37.3 Å². The Bertz CT molecular complexity index is 1240. The zero-order valence-corrected chi connectivity index (χ0v) is 24.1. The van der Waals surface area contributed by atoms with Gasteiger partial charge in [-0.1, -0.05) is 24.5 Å². The molecule has 2 aliphatic heterocycles. The molecule has 0 aliphatic carbocycles. The summed E-state index contributed by atoms with van der Waals surface area (Å²) in [7, 11) is -2.64. The molecule has 1 aromatic heterocycles. The van der Waals surface area contributed by atoms with Crippen LogP contribution < -0.4 is 22.3 Å². The highest BCUT2D eigenvalue weighted by atomic mass is 32.7. The van der Waals surface area contributed by atoms with Gasteiger partial charge in [-0.15, -0.1) is 0 Å². The van der Waals surface area contributed by atoms with E-state index in [1.807, 2.05) is 0 Å². The third-order valence-electron chi connectivity index (χ3n) is 5.81. The zero-order valence-electron chi connectivity index (χ0n) is 20.4. The molecule has 8 atom stereocenters. The maximum atomic E-state index is 13.0. The highest BCUT2D eigenvalue weighted by Crippen LogP contribution is 2.56. The molecule has 3 rings (SSSR count). The van der Waals surface area contributed by atoms with E-state index in [-0.39, 0.29) is 37.5 Å². The SMILES string of the molecule is C/C(=C/NC1C[C@@H](O)C(COP(=O)(S)O[C@@H]2CC(n3cc(C)c(=O)[nH]c3=O)OC2CO[PH](=O)S)O1)C(=N)N. The fourth-order valence-corrected chi connectivity index (χ4v) is 5.79. The molecule has 6 N–H and O–H groups in total. The summed E-state index contributed by atoms with van der Waals surface area (Å²) in [5.74, 6) is -0.117. The molecule has 0 saturated carbocycles. The van der Waals surface area contributed by atoms with Gasteiger partial charge in [0.15, 0.2) is 0 Å². The van der Waals surface area contributed by atoms with Crippen LogP contribution in [0.1, 0.15) is 31.6 Å². The second kappa shape index (κ2) is 13.3. The van der Waals surface area contributed by atoms with Crippen LogP contribution in [0, 0.1) is 12.3 Å². The lowest BCUT2D eigenvalue weighted by Gasteiger charge is -2.23. The van der Waals surface area contributed by atoms with E-state index in [4.69, 9.17) is 34.2 Å². The van der Waals surface area contributed by atoms with Gasteiger partial charge in [0.2, 0.25) is 7.23 Å². The van der Waals surface area contributed by atoms with E-state index in [0.717, 1.165) is 4.57 Å². The lowest BCUT2D eigenvalue weighted by Crippen LogP contribution is -2.33. The quantitative estimate of drug-likeness (QED) is 0.0752. The van der Waals surface area contributed by atoms with Crippen LogP contribution in [0.3, 0.4) is 0 Å². The van der Waals surface area contributed by atoms with Gasteiger partial charge in [-0.25, -0.2) is 9.36 Å². The first-order valence-corrected chi connectivity index (χ1v) is 16.7. The Balaban J connectivity index is 1.64. The first-order valence-electron chi connectivity index (χ1n) is 11.4. The standard InChI is InChI=1S/C19H31N5O10P2S2/c1-9(17(20)21)5-22-15-3-11(25)13(32-15)8-31-36(29,38)34-12-4-16(33-14(12)7-30-35(28)37)24-6-10(2)18(26)23-19(24)27/h5-6,11-16,22,25,35H,3-4,7-8H2,1-2H3,(H3,20,21)(H,28,37)(H,29,38)(H,23,26,27)/b9-5-/t11-,12-,13?,14?,15?,16?,36?/m1/s1. The summed E-state index contributed by atoms with van der Waals surface area (Å²) in [6.07, 6.45) is -2.22. The van der Waals surface area contributed by atoms with Crippen LogP contribution in [-0.2, 0) is 32.2 Å². The molecule has 6 unspecified atom stereocenters. The lowest BCUT2D eigenvalue weighted by molar-refractivity contribution is -0.0408. The Morgan fingerprint density at radius 2 is 2.11 bits per heavy atom. The van der Waals surface area contributed by atoms with Crippen LogP contribution in [0.4, 0.5) is 0 Å². The smallest absolute Gasteiger partial charge is 0.386 e. The number of ether oxygens (including phenoxy) is 2. The molecular formula is C19H31N5O10P2S2. The molecule has 38 heavy (non-hydrogen) atoms. The van der Waals surface area contributed by atoms with Gasteiger partial charge >= 0.3 is 12.5 Å². The average Bonchev–Trinajstić information content (AvgIpc) is 3.39. The van der Waals surface area contributed by atoms with E-state index in [1.54, 1.807) is 6.92 Å². The number of aryl methyl sites for hydroxylation is 1. The van der Waals surface area contributed by atoms with Crippen molar-refractivity contribution in [2.45, 2.75) is 63.6 Å². The molecule has 0 bridgehead atoms. The monoisotopic (exact) mass is 615 g/mol. The Morgan fingerprint density at radius 3 is 2.76 bits per heavy atom. The summed E-state index contributed by atoms with van der Waals surface area (Å²) in [5, 5.41) is 20.6. The van der Waals surface area contributed by atoms with Crippen molar-refractivity contribution in [1.82, 2.24) is 14.9 Å². The summed E-state index contributed by atoms with van der Waals surface area (Å²) >= 11 is 7.75. The van der Waals surface area contributed by atoms with Crippen molar-refractivity contribution in [3.8, 4) is 0 Å². The Morgan fingerprint density at radius 1 is 1.39 bits per heavy atom. The summed E-state index contributed by atoms with van der Waals surface area (Å²) in [5.41, 5.74) is 4.87. The molecule has 3 heterocycles. The number of nitrogens with one attached hydrogen (secondary N) is 3. The molecule has 2 aliphatic rings. The minimum Gasteiger partial charge on any atom is -0.390 e. The summed E-state index contributed by atoms with van der Waals surface area (Å²) in [6.45, 7) is -1.48. The number of aliphatic hydroxyl groups excluding tert-OH is 1. The van der Waals surface area contributed by atoms with E-state index >= 15 is 0 Å². The summed E-state index contributed by atoms with van der Waals surface area (Å²) in [6, 6.07) is 0. The fraction of sp³-hybridized carbons (Fsp3) is 0.632. The second-order valence-corrected chi connectivity index (χ2v) is 13.5. The Kier molecular flexibility index (Phi) is 10.9. The predicted octanol–water partition coefficient (Wildman–Crippen LogP) is 0.814. The maximum Gasteiger partial charge on any atom is 0.386 e. The largest absolute Gasteiger partial charge is 0.390 e. The second-order valence-electron chi connectivity index (χ2n) is 8.70. The number of H-pyrrole nitrogens is 1. The Labute approximate surface area is 228 Å². The third-order valence-corrected chi connectivity index (χ3v) is 8.26. The van der Waals surface area contributed by atoms with Crippen molar-refractivity contribution >= 4 is 44.4 Å². The lowest BCUT2D eigenvalue weighted by atomic mass is 10.2. The van der Waals surface area contributed by atoms with Gasteiger partial charge in [0, 0.05) is 36.4 Å². The van der Waals surface area contributed by atoms with Gasteiger partial charge in [-0.2, -0.15) is 0 Å². The van der Waals surface area contributed by atoms with Crippen molar-refractivity contribution in [2.24, 2.45) is 5.73 Å². The van der Waals surface area contributed by atoms with Crippen LogP contribution in [0.15, 0.2) is 27.6 Å². The van der Waals surface area contributed by atoms with Crippen LogP contribution in [0.25, 0.3) is 0 Å². The van der Waals surface area contributed by atoms with Gasteiger partial charge in [-0.3, -0.25) is 33.4 Å². The molecule has 0 aromatic carbocycles. The van der Waals surface area contributed by atoms with E-state index in [9.17, 15) is 23.8 Å². The molecule has 2 fully saturated rings. The number of aliphatic hydroxyl groups is 1. The molecule has 15 nitrogen and oxygen atoms in total. The first kappa shape index (κ1) is 31.1. The highest BCUT2D eigenvalue weighted by molar-refractivity contribution is 8.44. The highest BCUT2D eigenvalue weighted by Gasteiger charge is 2.42. The predicted molar refractivity (Wildman–Crippen MR) is 144 cm³/mol. The molecule has 0 radical (unpaired) electrons.